The second-order valence-corrected chi connectivity index (χ2v) is 5.59. The minimum atomic E-state index is -3.92. The number of rotatable bonds is 3. The molecule has 1 aromatic heterocycles. The van der Waals surface area contributed by atoms with Crippen molar-refractivity contribution in [2.24, 2.45) is 5.14 Å². The monoisotopic (exact) mass is 301 g/mol. The van der Waals surface area contributed by atoms with Crippen molar-refractivity contribution in [3.63, 3.8) is 0 Å². The topological polar surface area (TPSA) is 85.1 Å². The summed E-state index contributed by atoms with van der Waals surface area (Å²) in [6.45, 7) is 0. The summed E-state index contributed by atoms with van der Waals surface area (Å²) in [7, 11) is -3.92. The Kier molecular flexibility index (Phi) is 3.70. The van der Waals surface area contributed by atoms with Crippen molar-refractivity contribution >= 4 is 33.1 Å². The zero-order chi connectivity index (χ0) is 14.0. The molecule has 100 valence electrons. The smallest absolute Gasteiger partial charge is 0.241 e. The average molecular weight is 302 g/mol. The molecule has 0 saturated heterocycles. The molecule has 19 heavy (non-hydrogen) atoms. The number of anilines is 2. The molecule has 0 unspecified atom stereocenters. The summed E-state index contributed by atoms with van der Waals surface area (Å²) in [5, 5.41) is 7.71. The van der Waals surface area contributed by atoms with Gasteiger partial charge in [-0.1, -0.05) is 11.6 Å². The molecule has 0 aliphatic carbocycles. The number of sulfonamides is 1. The average Bonchev–Trinajstić information content (AvgIpc) is 2.33. The molecule has 1 heterocycles. The second kappa shape index (κ2) is 5.12. The van der Waals surface area contributed by atoms with Gasteiger partial charge in [0.05, 0.1) is 5.02 Å². The van der Waals surface area contributed by atoms with Crippen molar-refractivity contribution in [3.05, 3.63) is 47.4 Å². The van der Waals surface area contributed by atoms with Gasteiger partial charge in [0.2, 0.25) is 10.0 Å². The first-order valence-corrected chi connectivity index (χ1v) is 7.00. The molecule has 1 aromatic carbocycles. The SMILES string of the molecule is NS(=O)(=O)c1cccnc1Nc1ccc(Cl)c(F)c1. The van der Waals surface area contributed by atoms with Gasteiger partial charge in [0.25, 0.3) is 0 Å². The Morgan fingerprint density at radius 1 is 1.32 bits per heavy atom. The van der Waals surface area contributed by atoms with Crippen LogP contribution in [0.4, 0.5) is 15.9 Å². The molecule has 0 aliphatic heterocycles. The largest absolute Gasteiger partial charge is 0.339 e. The molecule has 0 atom stereocenters. The number of primary sulfonamides is 1. The van der Waals surface area contributed by atoms with Crippen molar-refractivity contribution in [3.8, 4) is 0 Å². The van der Waals surface area contributed by atoms with Gasteiger partial charge in [-0.2, -0.15) is 0 Å². The number of hydrogen-bond donors (Lipinski definition) is 2. The van der Waals surface area contributed by atoms with Gasteiger partial charge in [0.15, 0.2) is 5.82 Å². The van der Waals surface area contributed by atoms with Crippen LogP contribution in [0.5, 0.6) is 0 Å². The summed E-state index contributed by atoms with van der Waals surface area (Å²) >= 11 is 5.55. The Labute approximate surface area is 114 Å². The van der Waals surface area contributed by atoms with E-state index in [4.69, 9.17) is 16.7 Å². The van der Waals surface area contributed by atoms with Crippen molar-refractivity contribution in [2.45, 2.75) is 4.90 Å². The maximum atomic E-state index is 13.3. The third-order valence-corrected chi connectivity index (χ3v) is 3.51. The van der Waals surface area contributed by atoms with Gasteiger partial charge in [-0.3, -0.25) is 0 Å². The molecule has 0 aliphatic rings. The number of nitrogens with one attached hydrogen (secondary N) is 1. The first-order valence-electron chi connectivity index (χ1n) is 5.08. The van der Waals surface area contributed by atoms with Crippen LogP contribution in [0.2, 0.25) is 5.02 Å². The van der Waals surface area contributed by atoms with E-state index in [1.54, 1.807) is 0 Å². The van der Waals surface area contributed by atoms with E-state index < -0.39 is 15.8 Å². The molecule has 5 nitrogen and oxygen atoms in total. The zero-order valence-corrected chi connectivity index (χ0v) is 11.0. The van der Waals surface area contributed by atoms with E-state index in [1.165, 1.54) is 30.5 Å². The highest BCUT2D eigenvalue weighted by Gasteiger charge is 2.15. The van der Waals surface area contributed by atoms with E-state index in [0.29, 0.717) is 5.69 Å². The summed E-state index contributed by atoms with van der Waals surface area (Å²) in [5.41, 5.74) is 0.311. The van der Waals surface area contributed by atoms with Gasteiger partial charge >= 0.3 is 0 Å². The van der Waals surface area contributed by atoms with Gasteiger partial charge in [-0.05, 0) is 30.3 Å². The van der Waals surface area contributed by atoms with Crippen LogP contribution in [-0.4, -0.2) is 13.4 Å². The van der Waals surface area contributed by atoms with Crippen molar-refractivity contribution in [1.82, 2.24) is 4.98 Å². The molecule has 2 aromatic rings. The third kappa shape index (κ3) is 3.19. The van der Waals surface area contributed by atoms with Gasteiger partial charge in [-0.25, -0.2) is 22.9 Å². The quantitative estimate of drug-likeness (QED) is 0.910. The molecule has 8 heteroatoms. The van der Waals surface area contributed by atoms with E-state index in [-0.39, 0.29) is 15.7 Å². The summed E-state index contributed by atoms with van der Waals surface area (Å²) in [6.07, 6.45) is 1.39. The van der Waals surface area contributed by atoms with Gasteiger partial charge in [0, 0.05) is 11.9 Å². The van der Waals surface area contributed by atoms with E-state index in [1.807, 2.05) is 0 Å². The van der Waals surface area contributed by atoms with E-state index >= 15 is 0 Å². The molecule has 0 bridgehead atoms. The standard InChI is InChI=1S/C11H9ClFN3O2S/c12-8-4-3-7(6-9(8)13)16-11-10(19(14,17)18)2-1-5-15-11/h1-6H,(H,15,16)(H2,14,17,18). The first-order chi connectivity index (χ1) is 8.88. The second-order valence-electron chi connectivity index (χ2n) is 3.65. The Morgan fingerprint density at radius 2 is 2.05 bits per heavy atom. The van der Waals surface area contributed by atoms with Gasteiger partial charge < -0.3 is 5.32 Å². The number of aromatic nitrogens is 1. The highest BCUT2D eigenvalue weighted by molar-refractivity contribution is 7.89. The maximum Gasteiger partial charge on any atom is 0.241 e. The summed E-state index contributed by atoms with van der Waals surface area (Å²) in [6, 6.07) is 6.71. The Balaban J connectivity index is 2.41. The Morgan fingerprint density at radius 3 is 2.68 bits per heavy atom. The summed E-state index contributed by atoms with van der Waals surface area (Å²) in [4.78, 5) is 3.69. The molecule has 2 rings (SSSR count). The fourth-order valence-corrected chi connectivity index (χ4v) is 2.18. The fraction of sp³-hybridized carbons (Fsp3) is 0. The van der Waals surface area contributed by atoms with Crippen molar-refractivity contribution in [2.75, 3.05) is 5.32 Å². The third-order valence-electron chi connectivity index (χ3n) is 2.26. The lowest BCUT2D eigenvalue weighted by molar-refractivity contribution is 0.598. The Hall–Kier alpha value is -1.70. The van der Waals surface area contributed by atoms with Crippen LogP contribution in [0.25, 0.3) is 0 Å². The lowest BCUT2D eigenvalue weighted by Gasteiger charge is -2.09. The number of nitrogens with two attached hydrogens (primary N) is 1. The number of hydrogen-bond acceptors (Lipinski definition) is 4. The van der Waals surface area contributed by atoms with Crippen LogP contribution in [0, 0.1) is 5.82 Å². The predicted molar refractivity (Wildman–Crippen MR) is 70.3 cm³/mol. The number of nitrogens with zero attached hydrogens (tertiary/aromatic N) is 1. The zero-order valence-electron chi connectivity index (χ0n) is 9.47. The van der Waals surface area contributed by atoms with Crippen molar-refractivity contribution in [1.29, 1.82) is 0 Å². The van der Waals surface area contributed by atoms with E-state index in [0.717, 1.165) is 6.07 Å². The lowest BCUT2D eigenvalue weighted by atomic mass is 10.3. The predicted octanol–water partition coefficient (Wildman–Crippen LogP) is 2.27. The molecule has 3 N–H and O–H groups in total. The number of halogens is 2. The molecule has 0 amide bonds. The first kappa shape index (κ1) is 13.7. The highest BCUT2D eigenvalue weighted by atomic mass is 35.5. The molecule has 0 spiro atoms. The van der Waals surface area contributed by atoms with E-state index in [9.17, 15) is 12.8 Å². The molecular formula is C11H9ClFN3O2S. The van der Waals surface area contributed by atoms with Gasteiger partial charge in [0.1, 0.15) is 10.7 Å². The van der Waals surface area contributed by atoms with Crippen LogP contribution in [0.1, 0.15) is 0 Å². The van der Waals surface area contributed by atoms with Gasteiger partial charge in [-0.15, -0.1) is 0 Å². The number of benzene rings is 1. The number of pyridine rings is 1. The van der Waals surface area contributed by atoms with Crippen LogP contribution in [0.3, 0.4) is 0 Å². The summed E-state index contributed by atoms with van der Waals surface area (Å²) < 4.78 is 36.0. The molecule has 0 fully saturated rings. The highest BCUT2D eigenvalue weighted by Crippen LogP contribution is 2.24. The van der Waals surface area contributed by atoms with Crippen LogP contribution < -0.4 is 10.5 Å². The molecular weight excluding hydrogens is 293 g/mol. The normalized spacial score (nSPS) is 11.3. The fourth-order valence-electron chi connectivity index (χ4n) is 1.42. The van der Waals surface area contributed by atoms with Crippen LogP contribution >= 0.6 is 11.6 Å². The Bertz CT molecular complexity index is 722. The van der Waals surface area contributed by atoms with E-state index in [2.05, 4.69) is 10.3 Å². The minimum Gasteiger partial charge on any atom is -0.339 e. The molecule has 0 saturated carbocycles. The maximum absolute atomic E-state index is 13.3. The van der Waals surface area contributed by atoms with Crippen LogP contribution in [0.15, 0.2) is 41.4 Å². The lowest BCUT2D eigenvalue weighted by Crippen LogP contribution is -2.14. The van der Waals surface area contributed by atoms with Crippen LogP contribution in [-0.2, 0) is 10.0 Å². The minimum absolute atomic E-state index is 0.0201. The van der Waals surface area contributed by atoms with Crippen molar-refractivity contribution < 1.29 is 12.8 Å². The molecule has 0 radical (unpaired) electrons. The summed E-state index contributed by atoms with van der Waals surface area (Å²) in [5.74, 6) is -0.605.